The zero-order chi connectivity index (χ0) is 15.7. The molecule has 120 valence electrons. The Balaban J connectivity index is 1.62. The van der Waals surface area contributed by atoms with Crippen molar-refractivity contribution in [3.63, 3.8) is 0 Å². The number of carbonyl (C=O) groups excluding carboxylic acids is 1. The Labute approximate surface area is 128 Å². The molecule has 0 bridgehead atoms. The third kappa shape index (κ3) is 3.06. The number of halogens is 2. The van der Waals surface area contributed by atoms with Gasteiger partial charge in [0.25, 0.3) is 0 Å². The molecule has 2 amide bonds. The van der Waals surface area contributed by atoms with E-state index in [9.17, 15) is 18.7 Å². The molecule has 22 heavy (non-hydrogen) atoms. The molecule has 0 radical (unpaired) electrons. The fourth-order valence-corrected chi connectivity index (χ4v) is 3.11. The van der Waals surface area contributed by atoms with Crippen molar-refractivity contribution in [1.82, 2.24) is 10.2 Å². The van der Waals surface area contributed by atoms with Gasteiger partial charge in [0.1, 0.15) is 11.6 Å². The number of nitrogens with zero attached hydrogens (tertiary/aromatic N) is 1. The monoisotopic (exact) mass is 310 g/mol. The van der Waals surface area contributed by atoms with Crippen LogP contribution in [0, 0.1) is 11.6 Å². The molecule has 1 atom stereocenters. The fourth-order valence-electron chi connectivity index (χ4n) is 3.11. The van der Waals surface area contributed by atoms with E-state index in [1.165, 1.54) is 12.1 Å². The van der Waals surface area contributed by atoms with Gasteiger partial charge in [-0.1, -0.05) is 6.07 Å². The van der Waals surface area contributed by atoms with Crippen LogP contribution in [0.5, 0.6) is 0 Å². The number of likely N-dealkylation sites (tertiary alicyclic amines) is 1. The molecule has 1 aromatic rings. The van der Waals surface area contributed by atoms with E-state index in [1.54, 1.807) is 4.90 Å². The summed E-state index contributed by atoms with van der Waals surface area (Å²) >= 11 is 0. The third-order valence-electron chi connectivity index (χ3n) is 4.62. The minimum Gasteiger partial charge on any atom is -0.391 e. The van der Waals surface area contributed by atoms with E-state index >= 15 is 0 Å². The third-order valence-corrected chi connectivity index (χ3v) is 4.62. The lowest BCUT2D eigenvalue weighted by Crippen LogP contribution is -2.48. The Morgan fingerprint density at radius 3 is 2.82 bits per heavy atom. The number of hydrogen-bond acceptors (Lipinski definition) is 2. The number of urea groups is 1. The summed E-state index contributed by atoms with van der Waals surface area (Å²) in [5.74, 6) is -1.15. The number of amides is 2. The lowest BCUT2D eigenvalue weighted by Gasteiger charge is -2.30. The van der Waals surface area contributed by atoms with Crippen molar-refractivity contribution in [2.24, 2.45) is 0 Å². The number of aliphatic hydroxyl groups excluding tert-OH is 1. The number of β-amino-alcohol motifs (C(OH)–C–C–N with tert-alkyl or cyclic N) is 1. The van der Waals surface area contributed by atoms with Crippen molar-refractivity contribution in [2.75, 3.05) is 19.6 Å². The maximum atomic E-state index is 13.9. The number of benzene rings is 1. The van der Waals surface area contributed by atoms with Crippen molar-refractivity contribution in [2.45, 2.75) is 37.2 Å². The molecule has 1 aromatic carbocycles. The molecular formula is C16H20F2N2O2. The van der Waals surface area contributed by atoms with Crippen LogP contribution in [0.25, 0.3) is 0 Å². The molecule has 2 fully saturated rings. The highest BCUT2D eigenvalue weighted by atomic mass is 19.1. The molecule has 2 aliphatic rings. The first-order chi connectivity index (χ1) is 10.5. The molecule has 2 N–H and O–H groups in total. The van der Waals surface area contributed by atoms with E-state index in [2.05, 4.69) is 5.32 Å². The minimum absolute atomic E-state index is 0.229. The quantitative estimate of drug-likeness (QED) is 0.899. The van der Waals surface area contributed by atoms with Crippen LogP contribution in [-0.4, -0.2) is 41.8 Å². The van der Waals surface area contributed by atoms with Gasteiger partial charge in [-0.05, 0) is 37.3 Å². The summed E-state index contributed by atoms with van der Waals surface area (Å²) in [5, 5.41) is 12.4. The molecule has 1 aliphatic carbocycles. The number of hydrogen-bond donors (Lipinski definition) is 2. The molecule has 0 unspecified atom stereocenters. The van der Waals surface area contributed by atoms with Crippen molar-refractivity contribution < 1.29 is 18.7 Å². The standard InChI is InChI=1S/C16H20F2N2O2/c17-11-3-4-13(14(18)8-11)16(5-6-16)10-19-15(22)20-7-1-2-12(21)9-20/h3-4,8,12,21H,1-2,5-7,9-10H2,(H,19,22)/t12-/m0/s1. The van der Waals surface area contributed by atoms with Gasteiger partial charge in [0, 0.05) is 31.1 Å². The SMILES string of the molecule is O=C(NCC1(c2ccc(F)cc2F)CC1)N1CCC[C@H](O)C1. The van der Waals surface area contributed by atoms with Crippen molar-refractivity contribution >= 4 is 6.03 Å². The van der Waals surface area contributed by atoms with Gasteiger partial charge in [0.2, 0.25) is 0 Å². The summed E-state index contributed by atoms with van der Waals surface area (Å²) in [6, 6.07) is 3.38. The number of aliphatic hydroxyl groups is 1. The average Bonchev–Trinajstić information content (AvgIpc) is 3.25. The molecule has 4 nitrogen and oxygen atoms in total. The summed E-state index contributed by atoms with van der Waals surface area (Å²) in [5.41, 5.74) is 0.0508. The number of carbonyl (C=O) groups is 1. The second kappa shape index (κ2) is 5.83. The molecule has 1 saturated carbocycles. The van der Waals surface area contributed by atoms with E-state index in [4.69, 9.17) is 0 Å². The van der Waals surface area contributed by atoms with E-state index in [1.807, 2.05) is 0 Å². The molecule has 0 spiro atoms. The highest BCUT2D eigenvalue weighted by molar-refractivity contribution is 5.74. The number of piperidine rings is 1. The summed E-state index contributed by atoms with van der Waals surface area (Å²) in [4.78, 5) is 13.7. The molecule has 1 aliphatic heterocycles. The maximum absolute atomic E-state index is 13.9. The van der Waals surface area contributed by atoms with Crippen LogP contribution in [0.15, 0.2) is 18.2 Å². The maximum Gasteiger partial charge on any atom is 0.317 e. The minimum atomic E-state index is -0.594. The Hall–Kier alpha value is -1.69. The molecule has 1 heterocycles. The van der Waals surface area contributed by atoms with Crippen LogP contribution in [0.1, 0.15) is 31.2 Å². The van der Waals surface area contributed by atoms with Gasteiger partial charge in [-0.2, -0.15) is 0 Å². The average molecular weight is 310 g/mol. The van der Waals surface area contributed by atoms with E-state index < -0.39 is 23.2 Å². The van der Waals surface area contributed by atoms with Crippen LogP contribution >= 0.6 is 0 Å². The van der Waals surface area contributed by atoms with Crippen molar-refractivity contribution in [3.05, 3.63) is 35.4 Å². The van der Waals surface area contributed by atoms with Crippen LogP contribution in [0.3, 0.4) is 0 Å². The van der Waals surface area contributed by atoms with E-state index in [0.717, 1.165) is 25.3 Å². The molecule has 1 saturated heterocycles. The van der Waals surface area contributed by atoms with Gasteiger partial charge in [0.05, 0.1) is 6.10 Å². The Morgan fingerprint density at radius 2 is 2.18 bits per heavy atom. The van der Waals surface area contributed by atoms with Crippen LogP contribution in [0.4, 0.5) is 13.6 Å². The van der Waals surface area contributed by atoms with Gasteiger partial charge in [-0.25, -0.2) is 13.6 Å². The predicted molar refractivity (Wildman–Crippen MR) is 77.5 cm³/mol. The first kappa shape index (κ1) is 15.2. The Bertz CT molecular complexity index is 575. The molecule has 0 aromatic heterocycles. The molecular weight excluding hydrogens is 290 g/mol. The summed E-state index contributed by atoms with van der Waals surface area (Å²) in [6.07, 6.45) is 2.58. The lowest BCUT2D eigenvalue weighted by molar-refractivity contribution is 0.0841. The second-order valence-electron chi connectivity index (χ2n) is 6.31. The van der Waals surface area contributed by atoms with Crippen LogP contribution < -0.4 is 5.32 Å². The Morgan fingerprint density at radius 1 is 1.41 bits per heavy atom. The summed E-state index contributed by atoms with van der Waals surface area (Å²) < 4.78 is 26.9. The van der Waals surface area contributed by atoms with Crippen LogP contribution in [0.2, 0.25) is 0 Å². The zero-order valence-electron chi connectivity index (χ0n) is 12.3. The highest BCUT2D eigenvalue weighted by Gasteiger charge is 2.46. The normalized spacial score (nSPS) is 23.2. The highest BCUT2D eigenvalue weighted by Crippen LogP contribution is 2.48. The Kier molecular flexibility index (Phi) is 4.04. The summed E-state index contributed by atoms with van der Waals surface area (Å²) in [6.45, 7) is 1.30. The van der Waals surface area contributed by atoms with Gasteiger partial charge < -0.3 is 15.3 Å². The lowest BCUT2D eigenvalue weighted by atomic mass is 9.95. The largest absolute Gasteiger partial charge is 0.391 e. The second-order valence-corrected chi connectivity index (χ2v) is 6.31. The number of rotatable bonds is 3. The first-order valence-electron chi connectivity index (χ1n) is 7.67. The van der Waals surface area contributed by atoms with Gasteiger partial charge in [0.15, 0.2) is 0 Å². The van der Waals surface area contributed by atoms with Gasteiger partial charge in [-0.3, -0.25) is 0 Å². The van der Waals surface area contributed by atoms with Crippen LogP contribution in [-0.2, 0) is 5.41 Å². The molecule has 6 heteroatoms. The topological polar surface area (TPSA) is 52.6 Å². The van der Waals surface area contributed by atoms with Gasteiger partial charge in [-0.15, -0.1) is 0 Å². The molecule has 3 rings (SSSR count). The fraction of sp³-hybridized carbons (Fsp3) is 0.562. The van der Waals surface area contributed by atoms with E-state index in [0.29, 0.717) is 31.6 Å². The smallest absolute Gasteiger partial charge is 0.317 e. The van der Waals surface area contributed by atoms with E-state index in [-0.39, 0.29) is 6.03 Å². The summed E-state index contributed by atoms with van der Waals surface area (Å²) in [7, 11) is 0. The zero-order valence-corrected chi connectivity index (χ0v) is 12.3. The predicted octanol–water partition coefficient (Wildman–Crippen LogP) is 2.16. The first-order valence-corrected chi connectivity index (χ1v) is 7.67. The van der Waals surface area contributed by atoms with Crippen molar-refractivity contribution in [1.29, 1.82) is 0 Å². The number of nitrogens with one attached hydrogen (secondary N) is 1. The van der Waals surface area contributed by atoms with Gasteiger partial charge >= 0.3 is 6.03 Å². The van der Waals surface area contributed by atoms with Crippen molar-refractivity contribution in [3.8, 4) is 0 Å².